The van der Waals surface area contributed by atoms with Crippen molar-refractivity contribution in [1.29, 1.82) is 0 Å². The summed E-state index contributed by atoms with van der Waals surface area (Å²) in [6.07, 6.45) is -0.0806. The molecule has 1 heterocycles. The number of rotatable bonds is 4. The summed E-state index contributed by atoms with van der Waals surface area (Å²) in [5, 5.41) is 0. The zero-order chi connectivity index (χ0) is 12.3. The Morgan fingerprint density at radius 3 is 2.44 bits per heavy atom. The van der Waals surface area contributed by atoms with E-state index < -0.39 is 0 Å². The molecule has 1 rings (SSSR count). The molecule has 0 aliphatic rings. The largest absolute Gasteiger partial charge is 0.383 e. The minimum Gasteiger partial charge on any atom is -0.383 e. The van der Waals surface area contributed by atoms with Crippen LogP contribution in [0.4, 0.5) is 5.82 Å². The quantitative estimate of drug-likeness (QED) is 0.860. The van der Waals surface area contributed by atoms with Crippen LogP contribution >= 0.6 is 22.6 Å². The Kier molecular flexibility index (Phi) is 4.91. The first-order valence-corrected chi connectivity index (χ1v) is 6.46. The summed E-state index contributed by atoms with van der Waals surface area (Å²) < 4.78 is 6.57. The number of nitrogen functional groups attached to an aromatic ring is 1. The molecular formula is C11H18IN3O. The SMILES string of the molecule is CCOC(c1nc(C)c(I)c(N)n1)C(C)C. The fourth-order valence-electron chi connectivity index (χ4n) is 1.48. The third-order valence-electron chi connectivity index (χ3n) is 2.27. The van der Waals surface area contributed by atoms with Gasteiger partial charge in [-0.1, -0.05) is 13.8 Å². The smallest absolute Gasteiger partial charge is 0.160 e. The van der Waals surface area contributed by atoms with Crippen molar-refractivity contribution in [3.63, 3.8) is 0 Å². The Morgan fingerprint density at radius 1 is 1.38 bits per heavy atom. The molecular weight excluding hydrogens is 317 g/mol. The summed E-state index contributed by atoms with van der Waals surface area (Å²) in [4.78, 5) is 8.76. The number of aromatic nitrogens is 2. The highest BCUT2D eigenvalue weighted by molar-refractivity contribution is 14.1. The second-order valence-corrected chi connectivity index (χ2v) is 5.07. The fourth-order valence-corrected chi connectivity index (χ4v) is 1.72. The van der Waals surface area contributed by atoms with Crippen molar-refractivity contribution in [3.8, 4) is 0 Å². The average molecular weight is 335 g/mol. The number of nitrogens with zero attached hydrogens (tertiary/aromatic N) is 2. The van der Waals surface area contributed by atoms with E-state index in [0.717, 1.165) is 9.26 Å². The van der Waals surface area contributed by atoms with Gasteiger partial charge in [0.25, 0.3) is 0 Å². The van der Waals surface area contributed by atoms with E-state index in [1.165, 1.54) is 0 Å². The predicted molar refractivity (Wildman–Crippen MR) is 73.1 cm³/mol. The van der Waals surface area contributed by atoms with Gasteiger partial charge in [0.15, 0.2) is 5.82 Å². The maximum Gasteiger partial charge on any atom is 0.160 e. The normalized spacial score (nSPS) is 13.1. The Balaban J connectivity index is 3.10. The molecule has 0 aliphatic carbocycles. The standard InChI is InChI=1S/C11H18IN3O/c1-5-16-9(6(2)3)11-14-7(4)8(12)10(13)15-11/h6,9H,5H2,1-4H3,(H2,13,14,15). The molecule has 0 bridgehead atoms. The molecule has 1 unspecified atom stereocenters. The lowest BCUT2D eigenvalue weighted by Gasteiger charge is -2.20. The van der Waals surface area contributed by atoms with Crippen LogP contribution in [0, 0.1) is 16.4 Å². The average Bonchev–Trinajstić information content (AvgIpc) is 2.21. The van der Waals surface area contributed by atoms with E-state index in [4.69, 9.17) is 10.5 Å². The van der Waals surface area contributed by atoms with Gasteiger partial charge in [-0.25, -0.2) is 9.97 Å². The summed E-state index contributed by atoms with van der Waals surface area (Å²) in [7, 11) is 0. The summed E-state index contributed by atoms with van der Waals surface area (Å²) in [5.41, 5.74) is 6.75. The first-order chi connectivity index (χ1) is 7.47. The van der Waals surface area contributed by atoms with Gasteiger partial charge in [-0.15, -0.1) is 0 Å². The van der Waals surface area contributed by atoms with Crippen molar-refractivity contribution in [2.75, 3.05) is 12.3 Å². The minimum atomic E-state index is -0.0806. The van der Waals surface area contributed by atoms with Gasteiger partial charge in [-0.3, -0.25) is 0 Å². The van der Waals surface area contributed by atoms with Gasteiger partial charge in [0, 0.05) is 6.61 Å². The highest BCUT2D eigenvalue weighted by atomic mass is 127. The van der Waals surface area contributed by atoms with Crippen LogP contribution in [0.25, 0.3) is 0 Å². The Morgan fingerprint density at radius 2 is 2.00 bits per heavy atom. The molecule has 0 aliphatic heterocycles. The number of anilines is 1. The lowest BCUT2D eigenvalue weighted by molar-refractivity contribution is 0.0232. The van der Waals surface area contributed by atoms with Crippen molar-refractivity contribution in [2.24, 2.45) is 5.92 Å². The van der Waals surface area contributed by atoms with Gasteiger partial charge in [0.1, 0.15) is 11.9 Å². The molecule has 0 amide bonds. The van der Waals surface area contributed by atoms with Gasteiger partial charge < -0.3 is 10.5 Å². The number of aryl methyl sites for hydroxylation is 1. The molecule has 1 atom stereocenters. The lowest BCUT2D eigenvalue weighted by Crippen LogP contribution is -2.16. The maximum absolute atomic E-state index is 5.84. The summed E-state index contributed by atoms with van der Waals surface area (Å²) in [5.74, 6) is 1.56. The van der Waals surface area contributed by atoms with Gasteiger partial charge in [0.05, 0.1) is 9.26 Å². The third kappa shape index (κ3) is 3.04. The van der Waals surface area contributed by atoms with Gasteiger partial charge in [-0.05, 0) is 42.4 Å². The molecule has 16 heavy (non-hydrogen) atoms. The Bertz CT molecular complexity index is 345. The zero-order valence-electron chi connectivity index (χ0n) is 10.1. The Labute approximate surface area is 110 Å². The topological polar surface area (TPSA) is 61.0 Å². The van der Waals surface area contributed by atoms with Crippen molar-refractivity contribution in [3.05, 3.63) is 15.1 Å². The second kappa shape index (κ2) is 5.77. The summed E-state index contributed by atoms with van der Waals surface area (Å²) in [6.45, 7) is 8.74. The third-order valence-corrected chi connectivity index (χ3v) is 3.60. The molecule has 2 N–H and O–H groups in total. The number of ether oxygens (including phenoxy) is 1. The molecule has 5 heteroatoms. The lowest BCUT2D eigenvalue weighted by atomic mass is 10.1. The van der Waals surface area contributed by atoms with Crippen LogP contribution in [-0.2, 0) is 4.74 Å². The van der Waals surface area contributed by atoms with Gasteiger partial charge in [-0.2, -0.15) is 0 Å². The zero-order valence-corrected chi connectivity index (χ0v) is 12.3. The second-order valence-electron chi connectivity index (χ2n) is 3.99. The molecule has 90 valence electrons. The molecule has 0 saturated carbocycles. The van der Waals surface area contributed by atoms with E-state index in [0.29, 0.717) is 24.2 Å². The van der Waals surface area contributed by atoms with E-state index in [1.807, 2.05) is 13.8 Å². The maximum atomic E-state index is 5.84. The number of hydrogen-bond acceptors (Lipinski definition) is 4. The summed E-state index contributed by atoms with van der Waals surface area (Å²) in [6, 6.07) is 0. The van der Waals surface area contributed by atoms with Crippen molar-refractivity contribution >= 4 is 28.4 Å². The van der Waals surface area contributed by atoms with Gasteiger partial charge >= 0.3 is 0 Å². The molecule has 4 nitrogen and oxygen atoms in total. The van der Waals surface area contributed by atoms with Crippen LogP contribution in [0.1, 0.15) is 38.4 Å². The van der Waals surface area contributed by atoms with Crippen LogP contribution < -0.4 is 5.73 Å². The molecule has 1 aromatic rings. The number of halogens is 1. The molecule has 0 radical (unpaired) electrons. The van der Waals surface area contributed by atoms with Crippen LogP contribution in [0.3, 0.4) is 0 Å². The van der Waals surface area contributed by atoms with E-state index in [-0.39, 0.29) is 6.10 Å². The van der Waals surface area contributed by atoms with Crippen molar-refractivity contribution in [2.45, 2.75) is 33.8 Å². The highest BCUT2D eigenvalue weighted by Gasteiger charge is 2.20. The van der Waals surface area contributed by atoms with Crippen LogP contribution in [0.5, 0.6) is 0 Å². The fraction of sp³-hybridized carbons (Fsp3) is 0.636. The minimum absolute atomic E-state index is 0.0806. The van der Waals surface area contributed by atoms with E-state index in [9.17, 15) is 0 Å². The molecule has 0 spiro atoms. The van der Waals surface area contributed by atoms with Crippen molar-refractivity contribution in [1.82, 2.24) is 9.97 Å². The number of hydrogen-bond donors (Lipinski definition) is 1. The summed E-state index contributed by atoms with van der Waals surface area (Å²) >= 11 is 2.16. The highest BCUT2D eigenvalue weighted by Crippen LogP contribution is 2.25. The van der Waals surface area contributed by atoms with E-state index in [2.05, 4.69) is 46.4 Å². The van der Waals surface area contributed by atoms with Crippen LogP contribution in [0.2, 0.25) is 0 Å². The van der Waals surface area contributed by atoms with E-state index >= 15 is 0 Å². The van der Waals surface area contributed by atoms with Gasteiger partial charge in [0.2, 0.25) is 0 Å². The molecule has 0 fully saturated rings. The van der Waals surface area contributed by atoms with E-state index in [1.54, 1.807) is 0 Å². The number of nitrogens with two attached hydrogens (primary N) is 1. The predicted octanol–water partition coefficient (Wildman–Crippen LogP) is 2.71. The molecule has 0 aromatic carbocycles. The molecule has 1 aromatic heterocycles. The molecule has 0 saturated heterocycles. The van der Waals surface area contributed by atoms with Crippen LogP contribution in [-0.4, -0.2) is 16.6 Å². The first kappa shape index (κ1) is 13.6. The van der Waals surface area contributed by atoms with Crippen LogP contribution in [0.15, 0.2) is 0 Å². The first-order valence-electron chi connectivity index (χ1n) is 5.38. The monoisotopic (exact) mass is 335 g/mol. The Hall–Kier alpha value is -0.430. The van der Waals surface area contributed by atoms with Crippen molar-refractivity contribution < 1.29 is 4.74 Å².